The quantitative estimate of drug-likeness (QED) is 0.295. The standard InChI is InChI=1S/C28H27Cl4N3O/c1-28(2)15-23-26(24(36)16-28)27(21-10-9-19(31)14-22(21)32)33-13-4-3-7-20-17-35(23)25(34-20)8-5-6-18(30)11-12-29/h3-7,9-11,13-14,17,27,33H,8,12,15-16H2,1-2H3/b6-5-,7-3-,13-4+,18-11+. The molecule has 0 spiro atoms. The van der Waals surface area contributed by atoms with Gasteiger partial charge in [-0.1, -0.05) is 72.9 Å². The Morgan fingerprint density at radius 2 is 2.06 bits per heavy atom. The zero-order chi connectivity index (χ0) is 25.9. The van der Waals surface area contributed by atoms with E-state index in [1.165, 1.54) is 0 Å². The zero-order valence-electron chi connectivity index (χ0n) is 20.1. The Morgan fingerprint density at radius 1 is 1.25 bits per heavy atom. The first-order chi connectivity index (χ1) is 17.2. The Hall–Kier alpha value is -2.24. The monoisotopic (exact) mass is 561 g/mol. The maximum atomic E-state index is 13.8. The van der Waals surface area contributed by atoms with Crippen molar-refractivity contribution in [2.75, 3.05) is 5.88 Å². The lowest BCUT2D eigenvalue weighted by Crippen LogP contribution is -2.33. The summed E-state index contributed by atoms with van der Waals surface area (Å²) in [6.07, 6.45) is 16.7. The number of alkyl halides is 1. The molecule has 2 aliphatic rings. The third-order valence-electron chi connectivity index (χ3n) is 6.13. The number of halogens is 4. The van der Waals surface area contributed by atoms with E-state index in [0.717, 1.165) is 22.8 Å². The molecule has 0 radical (unpaired) electrons. The predicted octanol–water partition coefficient (Wildman–Crippen LogP) is 8.12. The Bertz CT molecular complexity index is 1310. The van der Waals surface area contributed by atoms with E-state index in [1.807, 2.05) is 48.8 Å². The summed E-state index contributed by atoms with van der Waals surface area (Å²) in [5, 5.41) is 5.03. The van der Waals surface area contributed by atoms with Crippen molar-refractivity contribution in [2.45, 2.75) is 39.2 Å². The Kier molecular flexibility index (Phi) is 8.52. The molecule has 2 heterocycles. The maximum absolute atomic E-state index is 13.8. The molecule has 1 atom stereocenters. The van der Waals surface area contributed by atoms with E-state index in [1.54, 1.807) is 18.2 Å². The van der Waals surface area contributed by atoms with Gasteiger partial charge >= 0.3 is 0 Å². The van der Waals surface area contributed by atoms with Gasteiger partial charge < -0.3 is 9.88 Å². The molecule has 4 rings (SSSR count). The first-order valence-corrected chi connectivity index (χ1v) is 13.3. The number of hydrogen-bond donors (Lipinski definition) is 1. The number of carbonyl (C=O) groups excluding carboxylic acids is 1. The highest BCUT2D eigenvalue weighted by molar-refractivity contribution is 6.35. The molecule has 0 saturated carbocycles. The average molecular weight is 563 g/mol. The lowest BCUT2D eigenvalue weighted by atomic mass is 9.73. The fourth-order valence-electron chi connectivity index (χ4n) is 4.59. The zero-order valence-corrected chi connectivity index (χ0v) is 23.1. The molecule has 0 fully saturated rings. The number of nitrogens with one attached hydrogen (secondary N) is 1. The van der Waals surface area contributed by atoms with E-state index in [2.05, 4.69) is 23.7 Å². The van der Waals surface area contributed by atoms with Crippen LogP contribution in [0, 0.1) is 5.41 Å². The van der Waals surface area contributed by atoms with Gasteiger partial charge in [-0.3, -0.25) is 4.79 Å². The molecule has 1 N–H and O–H groups in total. The molecule has 0 amide bonds. The summed E-state index contributed by atoms with van der Waals surface area (Å²) in [6.45, 7) is 4.23. The van der Waals surface area contributed by atoms with Gasteiger partial charge in [-0.05, 0) is 54.0 Å². The van der Waals surface area contributed by atoms with Crippen LogP contribution in [0.4, 0.5) is 0 Å². The van der Waals surface area contributed by atoms with E-state index >= 15 is 0 Å². The largest absolute Gasteiger partial charge is 0.380 e. The Labute approximate surface area is 232 Å². The second kappa shape index (κ2) is 11.4. The summed E-state index contributed by atoms with van der Waals surface area (Å²) in [7, 11) is 0. The van der Waals surface area contributed by atoms with Gasteiger partial charge in [0, 0.05) is 51.3 Å². The number of imidazole rings is 1. The second-order valence-corrected chi connectivity index (χ2v) is 11.2. The minimum absolute atomic E-state index is 0.0789. The molecule has 2 bridgehead atoms. The molecule has 2 aromatic rings. The van der Waals surface area contributed by atoms with Crippen LogP contribution in [-0.2, 0) is 11.2 Å². The molecule has 1 aromatic carbocycles. The first-order valence-electron chi connectivity index (χ1n) is 11.7. The van der Waals surface area contributed by atoms with Crippen LogP contribution >= 0.6 is 46.4 Å². The highest BCUT2D eigenvalue weighted by atomic mass is 35.5. The van der Waals surface area contributed by atoms with Crippen LogP contribution in [0.15, 0.2) is 71.6 Å². The lowest BCUT2D eigenvalue weighted by Gasteiger charge is -2.36. The molecule has 1 aromatic heterocycles. The van der Waals surface area contributed by atoms with E-state index < -0.39 is 6.04 Å². The first kappa shape index (κ1) is 26.8. The van der Waals surface area contributed by atoms with Gasteiger partial charge in [0.05, 0.1) is 11.7 Å². The third kappa shape index (κ3) is 6.18. The van der Waals surface area contributed by atoms with Crippen LogP contribution < -0.4 is 5.32 Å². The number of benzene rings is 1. The van der Waals surface area contributed by atoms with Gasteiger partial charge in [0.1, 0.15) is 5.82 Å². The van der Waals surface area contributed by atoms with Gasteiger partial charge in [-0.15, -0.1) is 11.6 Å². The molecule has 188 valence electrons. The van der Waals surface area contributed by atoms with Gasteiger partial charge in [0.15, 0.2) is 5.78 Å². The van der Waals surface area contributed by atoms with E-state index in [9.17, 15) is 4.79 Å². The van der Waals surface area contributed by atoms with Crippen LogP contribution in [0.25, 0.3) is 11.8 Å². The summed E-state index contributed by atoms with van der Waals surface area (Å²) in [5.74, 6) is 1.23. The second-order valence-electron chi connectivity index (χ2n) is 9.59. The van der Waals surface area contributed by atoms with Crippen molar-refractivity contribution in [2.24, 2.45) is 5.41 Å². The third-order valence-corrected chi connectivity index (χ3v) is 7.13. The van der Waals surface area contributed by atoms with E-state index in [-0.39, 0.29) is 11.2 Å². The SMILES string of the molecule is CC1(C)CC(=O)C2=C(C1)n1cc(nc1C/C=C\C(Cl)=C/CCl)/C=C\C=C\NC2c1ccc(Cl)cc1Cl. The highest BCUT2D eigenvalue weighted by Gasteiger charge is 2.38. The van der Waals surface area contributed by atoms with Gasteiger partial charge in [0.25, 0.3) is 0 Å². The van der Waals surface area contributed by atoms with Crippen molar-refractivity contribution in [1.29, 1.82) is 0 Å². The molecule has 0 saturated heterocycles. The van der Waals surface area contributed by atoms with Crippen molar-refractivity contribution in [3.63, 3.8) is 0 Å². The van der Waals surface area contributed by atoms with Crippen molar-refractivity contribution < 1.29 is 4.79 Å². The number of nitrogens with zero attached hydrogens (tertiary/aromatic N) is 2. The molecule has 1 aliphatic carbocycles. The molecular weight excluding hydrogens is 536 g/mol. The number of aromatic nitrogens is 2. The molecule has 8 heteroatoms. The minimum atomic E-state index is -0.452. The number of fused-ring (bicyclic) bond motifs is 3. The number of hydrogen-bond acceptors (Lipinski definition) is 3. The molecule has 4 nitrogen and oxygen atoms in total. The van der Waals surface area contributed by atoms with Crippen LogP contribution in [0.3, 0.4) is 0 Å². The van der Waals surface area contributed by atoms with Crippen LogP contribution in [0.1, 0.15) is 49.8 Å². The molecular formula is C28H27Cl4N3O. The van der Waals surface area contributed by atoms with Crippen molar-refractivity contribution in [1.82, 2.24) is 14.9 Å². The lowest BCUT2D eigenvalue weighted by molar-refractivity contribution is -0.118. The van der Waals surface area contributed by atoms with Crippen molar-refractivity contribution >= 4 is 64.0 Å². The van der Waals surface area contributed by atoms with Crippen LogP contribution in [0.5, 0.6) is 0 Å². The number of carbonyl (C=O) groups is 1. The summed E-state index contributed by atoms with van der Waals surface area (Å²) in [6, 6.07) is 4.92. The summed E-state index contributed by atoms with van der Waals surface area (Å²) in [5.41, 5.74) is 2.97. The van der Waals surface area contributed by atoms with E-state index in [0.29, 0.717) is 45.8 Å². The molecule has 36 heavy (non-hydrogen) atoms. The minimum Gasteiger partial charge on any atom is -0.380 e. The van der Waals surface area contributed by atoms with Gasteiger partial charge in [0.2, 0.25) is 0 Å². The number of ketones is 1. The van der Waals surface area contributed by atoms with Crippen LogP contribution in [0.2, 0.25) is 10.0 Å². The Morgan fingerprint density at radius 3 is 2.81 bits per heavy atom. The number of rotatable bonds is 5. The average Bonchev–Trinajstić information content (AvgIpc) is 3.18. The van der Waals surface area contributed by atoms with E-state index in [4.69, 9.17) is 51.4 Å². The van der Waals surface area contributed by atoms with Gasteiger partial charge in [-0.2, -0.15) is 0 Å². The number of allylic oxidation sites excluding steroid dienone is 7. The van der Waals surface area contributed by atoms with Crippen molar-refractivity contribution in [3.8, 4) is 0 Å². The van der Waals surface area contributed by atoms with Crippen molar-refractivity contribution in [3.05, 3.63) is 98.7 Å². The topological polar surface area (TPSA) is 46.9 Å². The van der Waals surface area contributed by atoms with Crippen LogP contribution in [-0.4, -0.2) is 21.2 Å². The summed E-state index contributed by atoms with van der Waals surface area (Å²) >= 11 is 24.8. The number of Topliss-reactive ketones (excluding diaryl/α,β-unsaturated/α-hetero) is 1. The summed E-state index contributed by atoms with van der Waals surface area (Å²) in [4.78, 5) is 18.6. The fraction of sp³-hybridized carbons (Fsp3) is 0.286. The highest BCUT2D eigenvalue weighted by Crippen LogP contribution is 2.44. The summed E-state index contributed by atoms with van der Waals surface area (Å²) < 4.78 is 2.06. The smallest absolute Gasteiger partial charge is 0.163 e. The maximum Gasteiger partial charge on any atom is 0.163 e. The normalized spacial score (nSPS) is 21.7. The van der Waals surface area contributed by atoms with Gasteiger partial charge in [-0.25, -0.2) is 4.98 Å². The predicted molar refractivity (Wildman–Crippen MR) is 151 cm³/mol. The molecule has 1 unspecified atom stereocenters. The fourth-order valence-corrected chi connectivity index (χ4v) is 5.51. The molecule has 1 aliphatic heterocycles. The Balaban J connectivity index is 1.92.